The van der Waals surface area contributed by atoms with Gasteiger partial charge in [-0.15, -0.1) is 35.3 Å². The molecule has 29 heavy (non-hydrogen) atoms. The van der Waals surface area contributed by atoms with Gasteiger partial charge in [-0.25, -0.2) is 0 Å². The summed E-state index contributed by atoms with van der Waals surface area (Å²) in [6.45, 7) is 4.69. The number of benzene rings is 1. The van der Waals surface area contributed by atoms with Gasteiger partial charge in [0.25, 0.3) is 0 Å². The molecule has 4 rings (SSSR count). The number of rotatable bonds is 5. The number of halogens is 1. The Morgan fingerprint density at radius 2 is 2.17 bits per heavy atom. The largest absolute Gasteiger partial charge is 0.356 e. The highest BCUT2D eigenvalue weighted by atomic mass is 127. The van der Waals surface area contributed by atoms with Gasteiger partial charge in [0.15, 0.2) is 5.96 Å². The lowest BCUT2D eigenvalue weighted by Crippen LogP contribution is -2.44. The first-order valence-corrected chi connectivity index (χ1v) is 10.7. The van der Waals surface area contributed by atoms with Gasteiger partial charge in [-0.05, 0) is 35.1 Å². The third-order valence-electron chi connectivity index (χ3n) is 5.45. The second-order valence-electron chi connectivity index (χ2n) is 7.31. The zero-order valence-electron chi connectivity index (χ0n) is 16.6. The van der Waals surface area contributed by atoms with Crippen LogP contribution >= 0.6 is 35.3 Å². The van der Waals surface area contributed by atoms with Gasteiger partial charge >= 0.3 is 0 Å². The summed E-state index contributed by atoms with van der Waals surface area (Å²) in [5, 5.41) is 11.9. The first-order valence-electron chi connectivity index (χ1n) is 9.84. The number of aliphatic imine (C=N–C) groups is 1. The standard InChI is InChI=1S/C21H27N5OS.HI/c1-22-21(23-8-10-26-9-6-19-15(14-26)7-11-28-19)24-13-16-12-20(27)25-18-5-3-2-4-17(16)18;/h2-5,7,11,16H,6,8-10,12-14H2,1H3,(H,25,27)(H2,22,23,24);1H. The van der Waals surface area contributed by atoms with Gasteiger partial charge in [-0.1, -0.05) is 18.2 Å². The number of hydrogen-bond acceptors (Lipinski definition) is 4. The molecule has 1 unspecified atom stereocenters. The number of nitrogens with one attached hydrogen (secondary N) is 3. The summed E-state index contributed by atoms with van der Waals surface area (Å²) in [5.41, 5.74) is 3.59. The monoisotopic (exact) mass is 525 g/mol. The molecular formula is C21H28IN5OS. The highest BCUT2D eigenvalue weighted by Crippen LogP contribution is 2.31. The number of carbonyl (C=O) groups excluding carboxylic acids is 1. The molecule has 2 aliphatic heterocycles. The summed E-state index contributed by atoms with van der Waals surface area (Å²) < 4.78 is 0. The van der Waals surface area contributed by atoms with Gasteiger partial charge in [0, 0.05) is 62.7 Å². The molecule has 0 bridgehead atoms. The van der Waals surface area contributed by atoms with Crippen molar-refractivity contribution in [1.82, 2.24) is 15.5 Å². The van der Waals surface area contributed by atoms with Crippen molar-refractivity contribution in [3.63, 3.8) is 0 Å². The number of amides is 1. The zero-order valence-corrected chi connectivity index (χ0v) is 19.8. The van der Waals surface area contributed by atoms with Crippen molar-refractivity contribution in [2.45, 2.75) is 25.3 Å². The molecular weight excluding hydrogens is 497 g/mol. The van der Waals surface area contributed by atoms with E-state index in [1.165, 1.54) is 11.1 Å². The van der Waals surface area contributed by atoms with Crippen LogP contribution in [0.3, 0.4) is 0 Å². The van der Waals surface area contributed by atoms with E-state index < -0.39 is 0 Å². The molecule has 0 aliphatic carbocycles. The van der Waals surface area contributed by atoms with Crippen LogP contribution in [0.2, 0.25) is 0 Å². The average Bonchev–Trinajstić information content (AvgIpc) is 3.18. The van der Waals surface area contributed by atoms with E-state index in [4.69, 9.17) is 0 Å². The topological polar surface area (TPSA) is 68.8 Å². The Bertz CT molecular complexity index is 868. The summed E-state index contributed by atoms with van der Waals surface area (Å²) in [7, 11) is 1.79. The van der Waals surface area contributed by atoms with Crippen molar-refractivity contribution < 1.29 is 4.79 Å². The van der Waals surface area contributed by atoms with Crippen molar-refractivity contribution in [2.24, 2.45) is 4.99 Å². The minimum absolute atomic E-state index is 0. The third kappa shape index (κ3) is 5.49. The minimum atomic E-state index is 0. The second kappa shape index (κ2) is 10.4. The van der Waals surface area contributed by atoms with E-state index in [9.17, 15) is 4.79 Å². The van der Waals surface area contributed by atoms with Crippen LogP contribution in [0.4, 0.5) is 5.69 Å². The molecule has 8 heteroatoms. The van der Waals surface area contributed by atoms with E-state index in [2.05, 4.69) is 43.4 Å². The molecule has 3 heterocycles. The Kier molecular flexibility index (Phi) is 7.91. The summed E-state index contributed by atoms with van der Waals surface area (Å²) in [5.74, 6) is 1.02. The fourth-order valence-electron chi connectivity index (χ4n) is 3.95. The van der Waals surface area contributed by atoms with Crippen LogP contribution in [0.1, 0.15) is 28.3 Å². The van der Waals surface area contributed by atoms with Crippen molar-refractivity contribution in [2.75, 3.05) is 38.5 Å². The summed E-state index contributed by atoms with van der Waals surface area (Å²) >= 11 is 1.88. The molecule has 0 radical (unpaired) electrons. The molecule has 2 aliphatic rings. The molecule has 2 aromatic rings. The highest BCUT2D eigenvalue weighted by Gasteiger charge is 2.24. The van der Waals surface area contributed by atoms with Gasteiger partial charge in [-0.3, -0.25) is 14.7 Å². The van der Waals surface area contributed by atoms with Crippen molar-refractivity contribution in [3.05, 3.63) is 51.7 Å². The predicted octanol–water partition coefficient (Wildman–Crippen LogP) is 3.02. The normalized spacial score (nSPS) is 18.9. The van der Waals surface area contributed by atoms with E-state index in [1.54, 1.807) is 11.9 Å². The van der Waals surface area contributed by atoms with Crippen LogP contribution in [0.5, 0.6) is 0 Å². The van der Waals surface area contributed by atoms with Crippen LogP contribution < -0.4 is 16.0 Å². The number of thiophene rings is 1. The fourth-order valence-corrected chi connectivity index (χ4v) is 4.84. The smallest absolute Gasteiger partial charge is 0.225 e. The average molecular weight is 525 g/mol. The highest BCUT2D eigenvalue weighted by molar-refractivity contribution is 14.0. The lowest BCUT2D eigenvalue weighted by molar-refractivity contribution is -0.116. The number of nitrogens with zero attached hydrogens (tertiary/aromatic N) is 2. The molecule has 1 aromatic heterocycles. The first-order chi connectivity index (χ1) is 13.7. The van der Waals surface area contributed by atoms with Crippen molar-refractivity contribution in [3.8, 4) is 0 Å². The van der Waals surface area contributed by atoms with Gasteiger partial charge in [-0.2, -0.15) is 0 Å². The molecule has 1 amide bonds. The predicted molar refractivity (Wildman–Crippen MR) is 131 cm³/mol. The van der Waals surface area contributed by atoms with Crippen LogP contribution in [-0.4, -0.2) is 50.0 Å². The number of hydrogen-bond donors (Lipinski definition) is 3. The fraction of sp³-hybridized carbons (Fsp3) is 0.429. The maximum absolute atomic E-state index is 12.0. The molecule has 0 fully saturated rings. The maximum atomic E-state index is 12.0. The Balaban J connectivity index is 0.00000240. The Hall–Kier alpha value is -1.65. The number of carbonyl (C=O) groups is 1. The van der Waals surface area contributed by atoms with E-state index >= 15 is 0 Å². The summed E-state index contributed by atoms with van der Waals surface area (Å²) in [4.78, 5) is 20.3. The molecule has 0 spiro atoms. The van der Waals surface area contributed by atoms with Crippen LogP contribution in [0, 0.1) is 0 Å². The number of fused-ring (bicyclic) bond motifs is 2. The minimum Gasteiger partial charge on any atom is -0.356 e. The maximum Gasteiger partial charge on any atom is 0.225 e. The van der Waals surface area contributed by atoms with Crippen molar-refractivity contribution >= 4 is 52.9 Å². The number of anilines is 1. The SMILES string of the molecule is CN=C(NCCN1CCc2sccc2C1)NCC1CC(=O)Nc2ccccc21.I. The molecule has 6 nitrogen and oxygen atoms in total. The molecule has 3 N–H and O–H groups in total. The molecule has 156 valence electrons. The van der Waals surface area contributed by atoms with Gasteiger partial charge in [0.1, 0.15) is 0 Å². The van der Waals surface area contributed by atoms with Crippen molar-refractivity contribution in [1.29, 1.82) is 0 Å². The van der Waals surface area contributed by atoms with E-state index in [0.717, 1.165) is 44.2 Å². The third-order valence-corrected chi connectivity index (χ3v) is 6.48. The van der Waals surface area contributed by atoms with Gasteiger partial charge in [0.2, 0.25) is 5.91 Å². The van der Waals surface area contributed by atoms with Crippen LogP contribution in [0.25, 0.3) is 0 Å². The molecule has 1 aromatic carbocycles. The van der Waals surface area contributed by atoms with E-state index in [-0.39, 0.29) is 35.8 Å². The summed E-state index contributed by atoms with van der Waals surface area (Å²) in [6, 6.07) is 10.3. The van der Waals surface area contributed by atoms with Crippen LogP contribution in [-0.2, 0) is 17.8 Å². The first kappa shape index (κ1) is 22.0. The van der Waals surface area contributed by atoms with Gasteiger partial charge < -0.3 is 16.0 Å². The molecule has 0 saturated carbocycles. The zero-order chi connectivity index (χ0) is 19.3. The second-order valence-corrected chi connectivity index (χ2v) is 8.31. The van der Waals surface area contributed by atoms with E-state index in [0.29, 0.717) is 13.0 Å². The lowest BCUT2D eigenvalue weighted by atomic mass is 9.90. The quantitative estimate of drug-likeness (QED) is 0.319. The van der Waals surface area contributed by atoms with Crippen LogP contribution in [0.15, 0.2) is 40.7 Å². The Morgan fingerprint density at radius 1 is 1.31 bits per heavy atom. The summed E-state index contributed by atoms with van der Waals surface area (Å²) in [6.07, 6.45) is 1.65. The Labute approximate surface area is 193 Å². The Morgan fingerprint density at radius 3 is 3.03 bits per heavy atom. The van der Waals surface area contributed by atoms with Gasteiger partial charge in [0.05, 0.1) is 0 Å². The number of para-hydroxylation sites is 1. The molecule has 0 saturated heterocycles. The van der Waals surface area contributed by atoms with E-state index in [1.807, 2.05) is 29.5 Å². The number of guanidine groups is 1. The molecule has 1 atom stereocenters. The lowest BCUT2D eigenvalue weighted by Gasteiger charge is -2.28.